The SMILES string of the molecule is NC(=O)C1CCCCN1C(=O)N1C[C@H](O)C[C@H]1C(=O)O. The molecule has 0 aromatic rings. The summed E-state index contributed by atoms with van der Waals surface area (Å²) >= 11 is 0. The molecule has 4 N–H and O–H groups in total. The molecule has 8 nitrogen and oxygen atoms in total. The molecule has 2 saturated heterocycles. The largest absolute Gasteiger partial charge is 0.480 e. The molecule has 0 spiro atoms. The number of rotatable bonds is 2. The minimum atomic E-state index is -1.15. The third kappa shape index (κ3) is 2.69. The molecule has 2 rings (SSSR count). The first-order valence-corrected chi connectivity index (χ1v) is 6.69. The van der Waals surface area contributed by atoms with Crippen LogP contribution in [0, 0.1) is 0 Å². The van der Waals surface area contributed by atoms with Crippen molar-refractivity contribution < 1.29 is 24.6 Å². The topological polar surface area (TPSA) is 124 Å². The summed E-state index contributed by atoms with van der Waals surface area (Å²) in [7, 11) is 0. The van der Waals surface area contributed by atoms with Crippen LogP contribution in [0.4, 0.5) is 4.79 Å². The Balaban J connectivity index is 2.16. The molecule has 3 atom stereocenters. The molecular formula is C12H19N3O5. The molecule has 2 aliphatic heterocycles. The van der Waals surface area contributed by atoms with Crippen molar-refractivity contribution in [3.05, 3.63) is 0 Å². The molecule has 8 heteroatoms. The Morgan fingerprint density at radius 1 is 1.10 bits per heavy atom. The number of primary amides is 1. The van der Waals surface area contributed by atoms with Crippen molar-refractivity contribution in [3.8, 4) is 0 Å². The van der Waals surface area contributed by atoms with Crippen molar-refractivity contribution in [2.45, 2.75) is 43.9 Å². The van der Waals surface area contributed by atoms with Gasteiger partial charge >= 0.3 is 12.0 Å². The van der Waals surface area contributed by atoms with Crippen LogP contribution in [0.2, 0.25) is 0 Å². The highest BCUT2D eigenvalue weighted by Crippen LogP contribution is 2.24. The highest BCUT2D eigenvalue weighted by atomic mass is 16.4. The van der Waals surface area contributed by atoms with E-state index in [1.165, 1.54) is 4.90 Å². The lowest BCUT2D eigenvalue weighted by Gasteiger charge is -2.37. The second-order valence-electron chi connectivity index (χ2n) is 5.29. The Labute approximate surface area is 116 Å². The average Bonchev–Trinajstić information content (AvgIpc) is 2.80. The summed E-state index contributed by atoms with van der Waals surface area (Å²) in [6.45, 7) is 0.350. The number of piperidine rings is 1. The number of carbonyl (C=O) groups excluding carboxylic acids is 2. The molecule has 112 valence electrons. The first-order valence-electron chi connectivity index (χ1n) is 6.69. The number of hydrogen-bond acceptors (Lipinski definition) is 4. The molecular weight excluding hydrogens is 266 g/mol. The minimum Gasteiger partial charge on any atom is -0.480 e. The van der Waals surface area contributed by atoms with Gasteiger partial charge < -0.3 is 25.7 Å². The summed E-state index contributed by atoms with van der Waals surface area (Å²) in [6, 6.07) is -2.27. The van der Waals surface area contributed by atoms with Gasteiger partial charge in [0.05, 0.1) is 6.10 Å². The predicted octanol–water partition coefficient (Wildman–Crippen LogP) is -1.03. The van der Waals surface area contributed by atoms with Gasteiger partial charge in [-0.15, -0.1) is 0 Å². The molecule has 0 saturated carbocycles. The molecule has 0 aliphatic carbocycles. The fourth-order valence-electron chi connectivity index (χ4n) is 2.88. The average molecular weight is 285 g/mol. The zero-order valence-electron chi connectivity index (χ0n) is 11.1. The number of amides is 3. The zero-order valence-corrected chi connectivity index (χ0v) is 11.1. The van der Waals surface area contributed by atoms with Crippen LogP contribution < -0.4 is 5.73 Å². The highest BCUT2D eigenvalue weighted by Gasteiger charge is 2.43. The van der Waals surface area contributed by atoms with E-state index in [2.05, 4.69) is 0 Å². The maximum atomic E-state index is 12.4. The molecule has 20 heavy (non-hydrogen) atoms. The van der Waals surface area contributed by atoms with Crippen LogP contribution in [-0.2, 0) is 9.59 Å². The van der Waals surface area contributed by atoms with Crippen molar-refractivity contribution in [1.82, 2.24) is 9.80 Å². The monoisotopic (exact) mass is 285 g/mol. The Bertz CT molecular complexity index is 407. The van der Waals surface area contributed by atoms with Crippen LogP contribution in [0.1, 0.15) is 25.7 Å². The van der Waals surface area contributed by atoms with Crippen LogP contribution in [0.3, 0.4) is 0 Å². The fraction of sp³-hybridized carbons (Fsp3) is 0.750. The van der Waals surface area contributed by atoms with Gasteiger partial charge in [0.2, 0.25) is 5.91 Å². The number of carbonyl (C=O) groups is 3. The van der Waals surface area contributed by atoms with Crippen LogP contribution in [0.15, 0.2) is 0 Å². The number of aliphatic hydroxyl groups is 1. The van der Waals surface area contributed by atoms with Crippen LogP contribution in [0.5, 0.6) is 0 Å². The lowest BCUT2D eigenvalue weighted by atomic mass is 10.0. The number of nitrogens with zero attached hydrogens (tertiary/aromatic N) is 2. The van der Waals surface area contributed by atoms with E-state index in [0.29, 0.717) is 13.0 Å². The van der Waals surface area contributed by atoms with E-state index in [4.69, 9.17) is 10.8 Å². The summed E-state index contributed by atoms with van der Waals surface area (Å²) in [6.07, 6.45) is 1.22. The van der Waals surface area contributed by atoms with Gasteiger partial charge in [0, 0.05) is 19.5 Å². The number of β-amino-alcohol motifs (C(OH)–C–C–N with tert-alkyl or cyclic N) is 1. The van der Waals surface area contributed by atoms with Crippen molar-refractivity contribution in [3.63, 3.8) is 0 Å². The Hall–Kier alpha value is -1.83. The highest BCUT2D eigenvalue weighted by molar-refractivity contribution is 5.88. The molecule has 0 radical (unpaired) electrons. The van der Waals surface area contributed by atoms with E-state index < -0.39 is 36.1 Å². The standard InChI is InChI=1S/C12H19N3O5/c13-10(17)8-3-1-2-4-14(8)12(20)15-6-7(16)5-9(15)11(18)19/h7-9,16H,1-6H2,(H2,13,17)(H,18,19)/t7-,8?,9+/m1/s1. The van der Waals surface area contributed by atoms with Crippen LogP contribution in [0.25, 0.3) is 0 Å². The maximum Gasteiger partial charge on any atom is 0.326 e. The second-order valence-corrected chi connectivity index (χ2v) is 5.29. The third-order valence-corrected chi connectivity index (χ3v) is 3.89. The number of likely N-dealkylation sites (tertiary alicyclic amines) is 2. The molecule has 0 bridgehead atoms. The number of aliphatic hydroxyl groups excluding tert-OH is 1. The third-order valence-electron chi connectivity index (χ3n) is 3.89. The summed E-state index contributed by atoms with van der Waals surface area (Å²) in [5, 5.41) is 18.7. The van der Waals surface area contributed by atoms with Gasteiger partial charge in [-0.3, -0.25) is 4.79 Å². The number of carboxylic acids is 1. The van der Waals surface area contributed by atoms with E-state index >= 15 is 0 Å². The number of carboxylic acid groups (broad SMARTS) is 1. The molecule has 2 aliphatic rings. The lowest BCUT2D eigenvalue weighted by Crippen LogP contribution is -2.56. The molecule has 0 aromatic heterocycles. The zero-order chi connectivity index (χ0) is 14.9. The van der Waals surface area contributed by atoms with Gasteiger partial charge in [-0.25, -0.2) is 9.59 Å². The summed E-state index contributed by atoms with van der Waals surface area (Å²) < 4.78 is 0. The second kappa shape index (κ2) is 5.66. The molecule has 3 amide bonds. The minimum absolute atomic E-state index is 0.0101. The van der Waals surface area contributed by atoms with Gasteiger partial charge in [0.25, 0.3) is 0 Å². The van der Waals surface area contributed by atoms with E-state index in [-0.39, 0.29) is 13.0 Å². The predicted molar refractivity (Wildman–Crippen MR) is 67.7 cm³/mol. The number of hydrogen-bond donors (Lipinski definition) is 3. The molecule has 2 fully saturated rings. The normalized spacial score (nSPS) is 30.4. The molecule has 2 heterocycles. The maximum absolute atomic E-state index is 12.4. The van der Waals surface area contributed by atoms with E-state index in [1.54, 1.807) is 0 Å². The van der Waals surface area contributed by atoms with Crippen LogP contribution in [-0.4, -0.2) is 69.2 Å². The van der Waals surface area contributed by atoms with Gasteiger partial charge in [-0.1, -0.05) is 0 Å². The van der Waals surface area contributed by atoms with Gasteiger partial charge in [-0.05, 0) is 19.3 Å². The van der Waals surface area contributed by atoms with Crippen molar-refractivity contribution in [1.29, 1.82) is 0 Å². The van der Waals surface area contributed by atoms with Crippen molar-refractivity contribution >= 4 is 17.9 Å². The van der Waals surface area contributed by atoms with Gasteiger partial charge in [0.15, 0.2) is 0 Å². The van der Waals surface area contributed by atoms with Crippen LogP contribution >= 0.6 is 0 Å². The Morgan fingerprint density at radius 2 is 1.80 bits per heavy atom. The fourth-order valence-corrected chi connectivity index (χ4v) is 2.88. The first kappa shape index (κ1) is 14.6. The summed E-state index contributed by atoms with van der Waals surface area (Å²) in [5.74, 6) is -1.73. The Morgan fingerprint density at radius 3 is 2.40 bits per heavy atom. The number of aliphatic carboxylic acids is 1. The van der Waals surface area contributed by atoms with E-state index in [9.17, 15) is 19.5 Å². The van der Waals surface area contributed by atoms with Crippen molar-refractivity contribution in [2.75, 3.05) is 13.1 Å². The van der Waals surface area contributed by atoms with Crippen molar-refractivity contribution in [2.24, 2.45) is 5.73 Å². The van der Waals surface area contributed by atoms with E-state index in [0.717, 1.165) is 17.7 Å². The molecule has 0 aromatic carbocycles. The van der Waals surface area contributed by atoms with Gasteiger partial charge in [-0.2, -0.15) is 0 Å². The number of nitrogens with two attached hydrogens (primary N) is 1. The van der Waals surface area contributed by atoms with E-state index in [1.807, 2.05) is 0 Å². The Kier molecular flexibility index (Phi) is 4.12. The smallest absolute Gasteiger partial charge is 0.326 e. The number of urea groups is 1. The summed E-state index contributed by atoms with van der Waals surface area (Å²) in [5.41, 5.74) is 5.30. The van der Waals surface area contributed by atoms with Gasteiger partial charge in [0.1, 0.15) is 12.1 Å². The molecule has 1 unspecified atom stereocenters. The lowest BCUT2D eigenvalue weighted by molar-refractivity contribution is -0.141. The first-order chi connectivity index (χ1) is 9.41. The quantitative estimate of drug-likeness (QED) is 0.598. The summed E-state index contributed by atoms with van der Waals surface area (Å²) in [4.78, 5) is 37.5.